The van der Waals surface area contributed by atoms with Crippen molar-refractivity contribution in [1.29, 1.82) is 0 Å². The molecule has 0 bridgehead atoms. The summed E-state index contributed by atoms with van der Waals surface area (Å²) >= 11 is 1.32. The summed E-state index contributed by atoms with van der Waals surface area (Å²) in [5.74, 6) is 0.435. The number of carboxylic acids is 1. The molecule has 0 unspecified atom stereocenters. The lowest BCUT2D eigenvalue weighted by molar-refractivity contribution is -0.143. The van der Waals surface area contributed by atoms with Gasteiger partial charge in [0, 0.05) is 12.9 Å². The maximum atomic E-state index is 11.5. The Morgan fingerprint density at radius 1 is 1.17 bits per heavy atom. The van der Waals surface area contributed by atoms with Gasteiger partial charge in [-0.1, -0.05) is 12.1 Å². The second kappa shape index (κ2) is 10.5. The molecule has 1 rings (SSSR count). The van der Waals surface area contributed by atoms with Crippen LogP contribution in [-0.2, 0) is 24.8 Å². The van der Waals surface area contributed by atoms with Gasteiger partial charge in [-0.25, -0.2) is 0 Å². The number of ether oxygens (including phenoxy) is 4. The van der Waals surface area contributed by atoms with Crippen molar-refractivity contribution in [3.05, 3.63) is 29.8 Å². The van der Waals surface area contributed by atoms with Crippen LogP contribution in [0.15, 0.2) is 24.3 Å². The van der Waals surface area contributed by atoms with Crippen molar-refractivity contribution in [2.24, 2.45) is 0 Å². The smallest absolute Gasteiger partial charge is 0.321 e. The van der Waals surface area contributed by atoms with E-state index in [1.54, 1.807) is 21.1 Å². The molecule has 0 amide bonds. The number of methoxy groups -OCH3 is 2. The average molecular weight is 344 g/mol. The molecule has 1 N–H and O–H groups in total. The van der Waals surface area contributed by atoms with Gasteiger partial charge in [0.05, 0.1) is 26.9 Å². The van der Waals surface area contributed by atoms with Crippen LogP contribution in [0, 0.1) is 0 Å². The summed E-state index contributed by atoms with van der Waals surface area (Å²) in [7, 11) is 3.19. The van der Waals surface area contributed by atoms with Gasteiger partial charge in [0.15, 0.2) is 0 Å². The molecular weight excluding hydrogens is 320 g/mol. The number of aliphatic carboxylic acids is 1. The van der Waals surface area contributed by atoms with Crippen LogP contribution in [-0.4, -0.2) is 56.7 Å². The van der Waals surface area contributed by atoms with Gasteiger partial charge in [0.1, 0.15) is 17.3 Å². The fraction of sp³-hybridized carbons (Fsp3) is 0.562. The molecule has 1 atom stereocenters. The van der Waals surface area contributed by atoms with E-state index in [9.17, 15) is 9.90 Å². The molecule has 0 aromatic heterocycles. The van der Waals surface area contributed by atoms with Crippen molar-refractivity contribution in [3.63, 3.8) is 0 Å². The zero-order chi connectivity index (χ0) is 17.1. The van der Waals surface area contributed by atoms with Crippen molar-refractivity contribution < 1.29 is 28.8 Å². The van der Waals surface area contributed by atoms with E-state index in [-0.39, 0.29) is 13.4 Å². The number of hydrogen-bond donors (Lipinski definition) is 1. The largest absolute Gasteiger partial charge is 0.497 e. The number of benzene rings is 1. The SMILES string of the molecule is COCCOCOC[C@](C)(SCc1ccc(OC)cc1)C(=O)O. The Morgan fingerprint density at radius 2 is 1.87 bits per heavy atom. The monoisotopic (exact) mass is 344 g/mol. The van der Waals surface area contributed by atoms with Crippen LogP contribution in [0.25, 0.3) is 0 Å². The van der Waals surface area contributed by atoms with Crippen LogP contribution in [0.1, 0.15) is 12.5 Å². The first-order valence-corrected chi connectivity index (χ1v) is 8.15. The topological polar surface area (TPSA) is 74.2 Å². The first-order chi connectivity index (χ1) is 11.0. The Bertz CT molecular complexity index is 464. The van der Waals surface area contributed by atoms with Gasteiger partial charge in [-0.3, -0.25) is 4.79 Å². The van der Waals surface area contributed by atoms with Crippen molar-refractivity contribution in [2.75, 3.05) is 40.8 Å². The maximum Gasteiger partial charge on any atom is 0.321 e. The van der Waals surface area contributed by atoms with E-state index >= 15 is 0 Å². The highest BCUT2D eigenvalue weighted by Gasteiger charge is 2.34. The fourth-order valence-corrected chi connectivity index (χ4v) is 2.59. The molecule has 0 saturated carbocycles. The van der Waals surface area contributed by atoms with Gasteiger partial charge in [-0.15, -0.1) is 11.8 Å². The van der Waals surface area contributed by atoms with E-state index in [2.05, 4.69) is 0 Å². The highest BCUT2D eigenvalue weighted by Crippen LogP contribution is 2.30. The lowest BCUT2D eigenvalue weighted by Crippen LogP contribution is -2.37. The van der Waals surface area contributed by atoms with Crippen LogP contribution in [0.2, 0.25) is 0 Å². The number of carbonyl (C=O) groups is 1. The van der Waals surface area contributed by atoms with Gasteiger partial charge in [-0.2, -0.15) is 0 Å². The van der Waals surface area contributed by atoms with Gasteiger partial charge < -0.3 is 24.1 Å². The van der Waals surface area contributed by atoms with Gasteiger partial charge >= 0.3 is 5.97 Å². The van der Waals surface area contributed by atoms with Crippen LogP contribution >= 0.6 is 11.8 Å². The zero-order valence-corrected chi connectivity index (χ0v) is 14.6. The number of rotatable bonds is 12. The second-order valence-corrected chi connectivity index (χ2v) is 6.52. The van der Waals surface area contributed by atoms with Crippen molar-refractivity contribution in [1.82, 2.24) is 0 Å². The number of carboxylic acid groups (broad SMARTS) is 1. The number of thioether (sulfide) groups is 1. The molecule has 0 spiro atoms. The summed E-state index contributed by atoms with van der Waals surface area (Å²) in [6.07, 6.45) is 0. The molecular formula is C16H24O6S. The fourth-order valence-electron chi connectivity index (χ4n) is 1.63. The Labute approximate surface area is 141 Å². The Morgan fingerprint density at radius 3 is 2.43 bits per heavy atom. The molecule has 130 valence electrons. The lowest BCUT2D eigenvalue weighted by Gasteiger charge is -2.24. The molecule has 0 saturated heterocycles. The normalized spacial score (nSPS) is 13.5. The highest BCUT2D eigenvalue weighted by molar-refractivity contribution is 8.00. The van der Waals surface area contributed by atoms with Gasteiger partial charge in [-0.05, 0) is 24.6 Å². The summed E-state index contributed by atoms with van der Waals surface area (Å²) in [6.45, 7) is 2.66. The predicted octanol–water partition coefficient (Wildman–Crippen LogP) is 2.41. The standard InChI is InChI=1S/C16H24O6S/c1-16(15(17)18,11-22-12-21-9-8-19-2)23-10-13-4-6-14(20-3)7-5-13/h4-7H,8-12H2,1-3H3,(H,17,18)/t16-/m0/s1. The summed E-state index contributed by atoms with van der Waals surface area (Å²) in [4.78, 5) is 11.5. The first kappa shape index (κ1) is 19.8. The minimum absolute atomic E-state index is 0.0509. The van der Waals surface area contributed by atoms with Crippen LogP contribution in [0.4, 0.5) is 0 Å². The Balaban J connectivity index is 2.44. The Hall–Kier alpha value is -1.28. The summed E-state index contributed by atoms with van der Waals surface area (Å²) in [6, 6.07) is 7.55. The quantitative estimate of drug-likeness (QED) is 0.461. The van der Waals surface area contributed by atoms with Crippen molar-refractivity contribution in [2.45, 2.75) is 17.4 Å². The van der Waals surface area contributed by atoms with E-state index in [1.807, 2.05) is 24.3 Å². The molecule has 0 aliphatic carbocycles. The van der Waals surface area contributed by atoms with Gasteiger partial charge in [0.2, 0.25) is 0 Å². The van der Waals surface area contributed by atoms with Crippen molar-refractivity contribution >= 4 is 17.7 Å². The third-order valence-electron chi connectivity index (χ3n) is 3.14. The molecule has 0 fully saturated rings. The second-order valence-electron chi connectivity index (χ2n) is 5.04. The van der Waals surface area contributed by atoms with E-state index < -0.39 is 10.7 Å². The summed E-state index contributed by atoms with van der Waals surface area (Å²) in [5, 5.41) is 9.45. The summed E-state index contributed by atoms with van der Waals surface area (Å²) in [5.41, 5.74) is 1.03. The first-order valence-electron chi connectivity index (χ1n) is 7.16. The molecule has 6 nitrogen and oxygen atoms in total. The molecule has 23 heavy (non-hydrogen) atoms. The number of hydrogen-bond acceptors (Lipinski definition) is 6. The molecule has 1 aromatic carbocycles. The molecule has 7 heteroatoms. The highest BCUT2D eigenvalue weighted by atomic mass is 32.2. The molecule has 1 aromatic rings. The molecule has 0 aliphatic heterocycles. The van der Waals surface area contributed by atoms with Crippen LogP contribution in [0.5, 0.6) is 5.75 Å². The van der Waals surface area contributed by atoms with Crippen LogP contribution < -0.4 is 4.74 Å². The third kappa shape index (κ3) is 7.22. The van der Waals surface area contributed by atoms with E-state index in [1.165, 1.54) is 11.8 Å². The van der Waals surface area contributed by atoms with E-state index in [4.69, 9.17) is 18.9 Å². The maximum absolute atomic E-state index is 11.5. The zero-order valence-electron chi connectivity index (χ0n) is 13.7. The minimum Gasteiger partial charge on any atom is -0.497 e. The predicted molar refractivity (Wildman–Crippen MR) is 89.0 cm³/mol. The minimum atomic E-state index is -1.04. The van der Waals surface area contributed by atoms with Crippen molar-refractivity contribution in [3.8, 4) is 5.75 Å². The Kier molecular flexibility index (Phi) is 9.01. The lowest BCUT2D eigenvalue weighted by atomic mass is 10.2. The molecule has 0 aliphatic rings. The van der Waals surface area contributed by atoms with E-state index in [0.717, 1.165) is 11.3 Å². The molecule has 0 radical (unpaired) electrons. The van der Waals surface area contributed by atoms with E-state index in [0.29, 0.717) is 19.0 Å². The van der Waals surface area contributed by atoms with Crippen LogP contribution in [0.3, 0.4) is 0 Å². The van der Waals surface area contributed by atoms with Gasteiger partial charge in [0.25, 0.3) is 0 Å². The summed E-state index contributed by atoms with van der Waals surface area (Å²) < 4.78 is 19.4. The third-order valence-corrected chi connectivity index (χ3v) is 4.55. The molecule has 0 heterocycles. The average Bonchev–Trinajstić information content (AvgIpc) is 2.56.